The van der Waals surface area contributed by atoms with Crippen LogP contribution in [0.3, 0.4) is 0 Å². The van der Waals surface area contributed by atoms with Crippen molar-refractivity contribution in [3.05, 3.63) is 42.7 Å². The highest BCUT2D eigenvalue weighted by Crippen LogP contribution is 2.32. The van der Waals surface area contributed by atoms with Gasteiger partial charge in [-0.1, -0.05) is 13.0 Å². The Balaban J connectivity index is 1.42. The Hall–Kier alpha value is -2.34. The molecule has 0 aromatic carbocycles. The van der Waals surface area contributed by atoms with E-state index in [4.69, 9.17) is 0 Å². The van der Waals surface area contributed by atoms with E-state index in [-0.39, 0.29) is 11.9 Å². The number of hydrogen-bond donors (Lipinski definition) is 0. The van der Waals surface area contributed by atoms with Gasteiger partial charge in [-0.15, -0.1) is 0 Å². The van der Waals surface area contributed by atoms with Gasteiger partial charge in [-0.25, -0.2) is 9.97 Å². The number of rotatable bonds is 4. The minimum absolute atomic E-state index is 0.0993. The van der Waals surface area contributed by atoms with Crippen LogP contribution in [0.25, 0.3) is 11.1 Å². The third kappa shape index (κ3) is 4.16. The molecule has 0 aliphatic carbocycles. The monoisotopic (exact) mass is 365 g/mol. The summed E-state index contributed by atoms with van der Waals surface area (Å²) in [6.45, 7) is 5.76. The average Bonchev–Trinajstić information content (AvgIpc) is 3.21. The molecular weight excluding hydrogens is 338 g/mol. The van der Waals surface area contributed by atoms with Crippen molar-refractivity contribution < 1.29 is 4.79 Å². The third-order valence-corrected chi connectivity index (χ3v) is 5.83. The fourth-order valence-electron chi connectivity index (χ4n) is 4.10. The predicted octanol–water partition coefficient (Wildman–Crippen LogP) is 2.93. The Bertz CT molecular complexity index is 756. The smallest absolute Gasteiger partial charge is 0.237 e. The van der Waals surface area contributed by atoms with Crippen LogP contribution in [0, 0.1) is 5.92 Å². The van der Waals surface area contributed by atoms with Crippen molar-refractivity contribution in [3.8, 4) is 11.1 Å². The van der Waals surface area contributed by atoms with Crippen molar-refractivity contribution in [3.63, 3.8) is 0 Å². The Kier molecular flexibility index (Phi) is 5.43. The number of nitrogens with zero attached hydrogens (tertiary/aromatic N) is 5. The largest absolute Gasteiger partial charge is 0.333 e. The molecule has 1 amide bonds. The second-order valence-electron chi connectivity index (χ2n) is 7.80. The quantitative estimate of drug-likeness (QED) is 0.834. The summed E-state index contributed by atoms with van der Waals surface area (Å²) < 4.78 is 0. The van der Waals surface area contributed by atoms with E-state index in [2.05, 4.69) is 26.8 Å². The number of carbonyl (C=O) groups excluding carboxylic acids is 1. The summed E-state index contributed by atoms with van der Waals surface area (Å²) >= 11 is 0. The van der Waals surface area contributed by atoms with Crippen LogP contribution in [0.4, 0.5) is 0 Å². The lowest BCUT2D eigenvalue weighted by Gasteiger charge is -2.32. The maximum absolute atomic E-state index is 12.9. The number of pyridine rings is 1. The molecule has 0 radical (unpaired) electrons. The van der Waals surface area contributed by atoms with Crippen LogP contribution >= 0.6 is 0 Å². The summed E-state index contributed by atoms with van der Waals surface area (Å²) in [6.07, 6.45) is 11.4. The zero-order chi connectivity index (χ0) is 18.6. The standard InChI is InChI=1S/C21H27N5O/c1-16-6-9-25(10-7-16)14-21(27)26-8-2-3-20(26)19-5-4-17(13-24-19)18-11-22-15-23-12-18/h4-5,11-13,15-16,20H,2-3,6-10,14H2,1H3/t20-/m0/s1. The van der Waals surface area contributed by atoms with Crippen LogP contribution in [0.5, 0.6) is 0 Å². The summed E-state index contributed by atoms with van der Waals surface area (Å²) in [5, 5.41) is 0. The van der Waals surface area contributed by atoms with E-state index in [0.29, 0.717) is 6.54 Å². The molecule has 1 atom stereocenters. The first-order valence-corrected chi connectivity index (χ1v) is 9.94. The number of aromatic nitrogens is 3. The number of carbonyl (C=O) groups is 1. The maximum Gasteiger partial charge on any atom is 0.237 e. The van der Waals surface area contributed by atoms with Crippen LogP contribution in [-0.2, 0) is 4.79 Å². The second kappa shape index (κ2) is 8.13. The summed E-state index contributed by atoms with van der Waals surface area (Å²) in [7, 11) is 0. The number of amides is 1. The molecule has 2 aliphatic rings. The van der Waals surface area contributed by atoms with E-state index in [1.165, 1.54) is 19.2 Å². The van der Waals surface area contributed by atoms with Crippen molar-refractivity contribution in [1.82, 2.24) is 24.8 Å². The zero-order valence-electron chi connectivity index (χ0n) is 15.9. The van der Waals surface area contributed by atoms with Crippen molar-refractivity contribution in [2.45, 2.75) is 38.6 Å². The Labute approximate surface area is 160 Å². The zero-order valence-corrected chi connectivity index (χ0v) is 15.9. The van der Waals surface area contributed by atoms with Crippen molar-refractivity contribution in [2.24, 2.45) is 5.92 Å². The summed E-state index contributed by atoms with van der Waals surface area (Å²) in [5.41, 5.74) is 2.93. The van der Waals surface area contributed by atoms with Gasteiger partial charge in [0.1, 0.15) is 6.33 Å². The van der Waals surface area contributed by atoms with Gasteiger partial charge >= 0.3 is 0 Å². The van der Waals surface area contributed by atoms with Crippen molar-refractivity contribution in [2.75, 3.05) is 26.2 Å². The molecule has 2 aromatic rings. The summed E-state index contributed by atoms with van der Waals surface area (Å²) in [4.78, 5) is 30.0. The second-order valence-corrected chi connectivity index (χ2v) is 7.80. The molecule has 2 aliphatic heterocycles. The maximum atomic E-state index is 12.9. The Morgan fingerprint density at radius 2 is 1.81 bits per heavy atom. The average molecular weight is 365 g/mol. The first-order valence-electron chi connectivity index (χ1n) is 9.94. The lowest BCUT2D eigenvalue weighted by molar-refractivity contribution is -0.133. The van der Waals surface area contributed by atoms with E-state index >= 15 is 0 Å². The van der Waals surface area contributed by atoms with Crippen LogP contribution in [0.15, 0.2) is 37.1 Å². The molecule has 142 valence electrons. The molecule has 0 bridgehead atoms. The Morgan fingerprint density at radius 1 is 1.04 bits per heavy atom. The van der Waals surface area contributed by atoms with Gasteiger partial charge in [-0.2, -0.15) is 0 Å². The lowest BCUT2D eigenvalue weighted by atomic mass is 9.99. The summed E-state index contributed by atoms with van der Waals surface area (Å²) in [5.74, 6) is 1.03. The molecule has 0 unspecified atom stereocenters. The van der Waals surface area contributed by atoms with E-state index < -0.39 is 0 Å². The van der Waals surface area contributed by atoms with E-state index in [0.717, 1.165) is 55.2 Å². The molecule has 0 saturated carbocycles. The number of piperidine rings is 1. The first kappa shape index (κ1) is 18.0. The molecule has 6 heteroatoms. The van der Waals surface area contributed by atoms with Crippen LogP contribution in [0.2, 0.25) is 0 Å². The third-order valence-electron chi connectivity index (χ3n) is 5.83. The van der Waals surface area contributed by atoms with Crippen LogP contribution < -0.4 is 0 Å². The lowest BCUT2D eigenvalue weighted by Crippen LogP contribution is -2.43. The molecular formula is C21H27N5O. The van der Waals surface area contributed by atoms with Crippen LogP contribution in [-0.4, -0.2) is 56.8 Å². The summed E-state index contributed by atoms with van der Waals surface area (Å²) in [6, 6.07) is 4.19. The highest BCUT2D eigenvalue weighted by molar-refractivity contribution is 5.79. The highest BCUT2D eigenvalue weighted by atomic mass is 16.2. The molecule has 6 nitrogen and oxygen atoms in total. The minimum atomic E-state index is 0.0993. The SMILES string of the molecule is CC1CCN(CC(=O)N2CCC[C@H]2c2ccc(-c3cncnc3)cn2)CC1. The van der Waals surface area contributed by atoms with Gasteiger partial charge in [-0.3, -0.25) is 14.7 Å². The molecule has 4 rings (SSSR count). The molecule has 2 fully saturated rings. The molecule has 2 saturated heterocycles. The number of hydrogen-bond acceptors (Lipinski definition) is 5. The first-order chi connectivity index (χ1) is 13.2. The van der Waals surface area contributed by atoms with Gasteiger partial charge in [0, 0.05) is 36.3 Å². The molecule has 2 aromatic heterocycles. The number of likely N-dealkylation sites (tertiary alicyclic amines) is 2. The fraction of sp³-hybridized carbons (Fsp3) is 0.524. The molecule has 0 spiro atoms. The molecule has 27 heavy (non-hydrogen) atoms. The van der Waals surface area contributed by atoms with Gasteiger partial charge < -0.3 is 4.90 Å². The Morgan fingerprint density at radius 3 is 2.52 bits per heavy atom. The van der Waals surface area contributed by atoms with E-state index in [1.807, 2.05) is 23.2 Å². The fourth-order valence-corrected chi connectivity index (χ4v) is 4.10. The van der Waals surface area contributed by atoms with E-state index in [1.54, 1.807) is 12.4 Å². The molecule has 4 heterocycles. The van der Waals surface area contributed by atoms with Gasteiger partial charge in [0.2, 0.25) is 5.91 Å². The van der Waals surface area contributed by atoms with Gasteiger partial charge in [0.25, 0.3) is 0 Å². The normalized spacial score (nSPS) is 21.5. The van der Waals surface area contributed by atoms with Crippen LogP contribution in [0.1, 0.15) is 44.3 Å². The molecule has 0 N–H and O–H groups in total. The van der Waals surface area contributed by atoms with E-state index in [9.17, 15) is 4.79 Å². The minimum Gasteiger partial charge on any atom is -0.333 e. The van der Waals surface area contributed by atoms with Gasteiger partial charge in [0.15, 0.2) is 0 Å². The van der Waals surface area contributed by atoms with Crippen molar-refractivity contribution in [1.29, 1.82) is 0 Å². The predicted molar refractivity (Wildman–Crippen MR) is 104 cm³/mol. The topological polar surface area (TPSA) is 62.2 Å². The van der Waals surface area contributed by atoms with Gasteiger partial charge in [0.05, 0.1) is 18.3 Å². The van der Waals surface area contributed by atoms with Crippen molar-refractivity contribution >= 4 is 5.91 Å². The van der Waals surface area contributed by atoms with Gasteiger partial charge in [-0.05, 0) is 50.8 Å². The highest BCUT2D eigenvalue weighted by Gasteiger charge is 2.32.